The van der Waals surface area contributed by atoms with E-state index in [-0.39, 0.29) is 42.2 Å². The normalized spacial score (nSPS) is 11.5. The average Bonchev–Trinajstić information content (AvgIpc) is 2.04. The summed E-state index contributed by atoms with van der Waals surface area (Å²) in [5.74, 6) is -1.30. The van der Waals surface area contributed by atoms with Crippen molar-refractivity contribution in [2.24, 2.45) is 0 Å². The van der Waals surface area contributed by atoms with E-state index in [0.717, 1.165) is 0 Å². The van der Waals surface area contributed by atoms with E-state index in [1.165, 1.54) is 6.07 Å². The van der Waals surface area contributed by atoms with Crippen LogP contribution in [-0.2, 0) is 4.79 Å². The molecule has 5 heteroatoms. The van der Waals surface area contributed by atoms with Crippen LogP contribution in [0.4, 0.5) is 5.69 Å². The molecule has 0 spiro atoms. The second-order valence-corrected chi connectivity index (χ2v) is 2.37. The van der Waals surface area contributed by atoms with Crippen molar-refractivity contribution in [1.29, 1.82) is 0 Å². The van der Waals surface area contributed by atoms with Gasteiger partial charge in [-0.3, -0.25) is 0 Å². The first-order chi connectivity index (χ1) is 5.63. The number of rotatable bonds is 2. The Labute approximate surface area is 99.1 Å². The first-order valence-electron chi connectivity index (χ1n) is 3.38. The fraction of sp³-hybridized carbons (Fsp3) is 0.125. The molecule has 1 aromatic carbocycles. The van der Waals surface area contributed by atoms with E-state index >= 15 is 0 Å². The van der Waals surface area contributed by atoms with Gasteiger partial charge in [0.05, 0.1) is 0 Å². The molecule has 1 atom stereocenters. The molecule has 0 aliphatic carbocycles. The molecule has 4 nitrogen and oxygen atoms in total. The van der Waals surface area contributed by atoms with Gasteiger partial charge < -0.3 is 17.4 Å². The Morgan fingerprint density at radius 2 is 2.00 bits per heavy atom. The molecule has 0 aliphatic rings. The minimum atomic E-state index is -1.54. The molecule has 4 N–H and O–H groups in total. The number of nitrogen functional groups attached to an aromatic ring is 1. The van der Waals surface area contributed by atoms with Gasteiger partial charge in [0.25, 0.3) is 0 Å². The summed E-state index contributed by atoms with van der Waals surface area (Å²) in [5, 5.41) is 17.6. The summed E-state index contributed by atoms with van der Waals surface area (Å²) in [6, 6.07) is 6.32. The van der Waals surface area contributed by atoms with Crippen LogP contribution >= 0.6 is 0 Å². The zero-order chi connectivity index (χ0) is 9.14. The molecule has 0 aliphatic heterocycles. The molecule has 0 fully saturated rings. The summed E-state index contributed by atoms with van der Waals surface area (Å²) in [6.07, 6.45) is -1.54. The summed E-state index contributed by atoms with van der Waals surface area (Å²) in [4.78, 5) is 10.3. The Morgan fingerprint density at radius 3 is 2.46 bits per heavy atom. The van der Waals surface area contributed by atoms with Crippen LogP contribution < -0.4 is 35.3 Å². The zero-order valence-electron chi connectivity index (χ0n) is 8.27. The topological polar surface area (TPSA) is 83.5 Å². The Hall–Kier alpha value is -0.550. The summed E-state index contributed by atoms with van der Waals surface area (Å²) in [7, 11) is 0. The van der Waals surface area contributed by atoms with Gasteiger partial charge in [-0.25, -0.2) is 4.79 Å². The minimum Gasteiger partial charge on any atom is -1.00 e. The van der Waals surface area contributed by atoms with E-state index in [1.54, 1.807) is 18.2 Å². The van der Waals surface area contributed by atoms with Crippen molar-refractivity contribution in [2.75, 3.05) is 5.73 Å². The van der Waals surface area contributed by atoms with Crippen molar-refractivity contribution >= 4 is 11.7 Å². The first kappa shape index (κ1) is 12.4. The van der Waals surface area contributed by atoms with Gasteiger partial charge in [-0.15, -0.1) is 0 Å². The van der Waals surface area contributed by atoms with Gasteiger partial charge in [0, 0.05) is 11.3 Å². The smallest absolute Gasteiger partial charge is 1.00 e. The standard InChI is InChI=1S/C8H9NO3.Na.H/c9-6-4-2-1-3-5(6)7(10)8(11)12;;/h1-4,7,10H,9H2,(H,11,12);;/q;+1;-1/t7-;;/m1../s1. The Balaban J connectivity index is 0. The first-order valence-corrected chi connectivity index (χ1v) is 3.38. The quantitative estimate of drug-likeness (QED) is 0.356. The SMILES string of the molecule is Nc1ccccc1[C@@H](O)C(=O)O.[H-].[Na+]. The number of nitrogens with two attached hydrogens (primary N) is 1. The molecule has 13 heavy (non-hydrogen) atoms. The van der Waals surface area contributed by atoms with Crippen molar-refractivity contribution in [3.05, 3.63) is 29.8 Å². The maximum Gasteiger partial charge on any atom is 1.00 e. The molecule has 0 radical (unpaired) electrons. The molecule has 1 aromatic rings. The van der Waals surface area contributed by atoms with Crippen LogP contribution in [-0.4, -0.2) is 16.2 Å². The molecule has 0 heterocycles. The molecule has 0 aromatic heterocycles. The van der Waals surface area contributed by atoms with Crippen LogP contribution in [0.2, 0.25) is 0 Å². The van der Waals surface area contributed by atoms with Crippen molar-refractivity contribution in [1.82, 2.24) is 0 Å². The summed E-state index contributed by atoms with van der Waals surface area (Å²) in [6.45, 7) is 0. The maximum absolute atomic E-state index is 10.3. The molecule has 0 saturated carbocycles. The average molecular weight is 191 g/mol. The predicted molar refractivity (Wildman–Crippen MR) is 44.6 cm³/mol. The number of carbonyl (C=O) groups is 1. The second kappa shape index (κ2) is 5.24. The number of aliphatic hydroxyl groups is 1. The number of anilines is 1. The molecule has 0 unspecified atom stereocenters. The van der Waals surface area contributed by atoms with E-state index < -0.39 is 12.1 Å². The van der Waals surface area contributed by atoms with Gasteiger partial charge in [0.1, 0.15) is 0 Å². The van der Waals surface area contributed by atoms with Crippen LogP contribution in [0.25, 0.3) is 0 Å². The fourth-order valence-corrected chi connectivity index (χ4v) is 0.893. The predicted octanol–water partition coefficient (Wildman–Crippen LogP) is -2.50. The van der Waals surface area contributed by atoms with Crippen molar-refractivity contribution in [3.8, 4) is 0 Å². The monoisotopic (exact) mass is 191 g/mol. The third kappa shape index (κ3) is 3.00. The fourth-order valence-electron chi connectivity index (χ4n) is 0.893. The molecule has 0 saturated heterocycles. The number of aliphatic hydroxyl groups excluding tert-OH is 1. The number of hydrogen-bond acceptors (Lipinski definition) is 3. The minimum absolute atomic E-state index is 0. The molecular formula is C8H10NNaO3. The van der Waals surface area contributed by atoms with Gasteiger partial charge >= 0.3 is 35.5 Å². The van der Waals surface area contributed by atoms with Crippen molar-refractivity contribution < 1.29 is 46.0 Å². The van der Waals surface area contributed by atoms with Crippen molar-refractivity contribution in [2.45, 2.75) is 6.10 Å². The molecule has 1 rings (SSSR count). The molecular weight excluding hydrogens is 181 g/mol. The second-order valence-electron chi connectivity index (χ2n) is 2.37. The number of benzene rings is 1. The summed E-state index contributed by atoms with van der Waals surface area (Å²) < 4.78 is 0. The van der Waals surface area contributed by atoms with E-state index in [2.05, 4.69) is 0 Å². The molecule has 0 bridgehead atoms. The number of hydrogen-bond donors (Lipinski definition) is 3. The van der Waals surface area contributed by atoms with Gasteiger partial charge in [0.2, 0.25) is 0 Å². The maximum atomic E-state index is 10.3. The van der Waals surface area contributed by atoms with Gasteiger partial charge in [0.15, 0.2) is 6.10 Å². The van der Waals surface area contributed by atoms with E-state index in [9.17, 15) is 4.79 Å². The third-order valence-electron chi connectivity index (χ3n) is 1.52. The van der Waals surface area contributed by atoms with Crippen molar-refractivity contribution in [3.63, 3.8) is 0 Å². The largest absolute Gasteiger partial charge is 1.00 e. The number of aliphatic carboxylic acids is 1. The number of para-hydroxylation sites is 1. The number of carboxylic acids is 1. The molecule has 66 valence electrons. The molecule has 0 amide bonds. The summed E-state index contributed by atoms with van der Waals surface area (Å²) >= 11 is 0. The van der Waals surface area contributed by atoms with Crippen LogP contribution in [0.1, 0.15) is 13.1 Å². The van der Waals surface area contributed by atoms with Gasteiger partial charge in [-0.1, -0.05) is 18.2 Å². The van der Waals surface area contributed by atoms with Gasteiger partial charge in [-0.2, -0.15) is 0 Å². The van der Waals surface area contributed by atoms with Gasteiger partial charge in [-0.05, 0) is 6.07 Å². The zero-order valence-corrected chi connectivity index (χ0v) is 9.27. The Kier molecular flexibility index (Phi) is 5.02. The van der Waals surface area contributed by atoms with E-state index in [4.69, 9.17) is 15.9 Å². The third-order valence-corrected chi connectivity index (χ3v) is 1.52. The summed E-state index contributed by atoms with van der Waals surface area (Å²) in [5.41, 5.74) is 5.95. The van der Waals surface area contributed by atoms with E-state index in [0.29, 0.717) is 0 Å². The number of carboxylic acid groups (broad SMARTS) is 1. The van der Waals surface area contributed by atoms with Crippen LogP contribution in [0.15, 0.2) is 24.3 Å². The van der Waals surface area contributed by atoms with Crippen LogP contribution in [0.5, 0.6) is 0 Å². The Bertz CT molecular complexity index is 308. The van der Waals surface area contributed by atoms with E-state index in [1.807, 2.05) is 0 Å². The van der Waals surface area contributed by atoms with Crippen LogP contribution in [0.3, 0.4) is 0 Å². The van der Waals surface area contributed by atoms with Crippen LogP contribution in [0, 0.1) is 0 Å². The Morgan fingerprint density at radius 1 is 1.46 bits per heavy atom.